The van der Waals surface area contributed by atoms with Gasteiger partial charge in [0.15, 0.2) is 0 Å². The lowest BCUT2D eigenvalue weighted by atomic mass is 10.2. The molecule has 0 amide bonds. The Morgan fingerprint density at radius 2 is 2.33 bits per heavy atom. The molecular formula is C11H17NO3. The normalized spacial score (nSPS) is 12.7. The smallest absolute Gasteiger partial charge is 0.352 e. The molecule has 0 fully saturated rings. The fourth-order valence-corrected chi connectivity index (χ4v) is 1.64. The highest BCUT2D eigenvalue weighted by molar-refractivity contribution is 5.87. The summed E-state index contributed by atoms with van der Waals surface area (Å²) >= 11 is 0. The molecule has 0 saturated heterocycles. The number of aryl methyl sites for hydroxylation is 1. The Balaban J connectivity index is 2.81. The molecule has 0 spiro atoms. The fourth-order valence-electron chi connectivity index (χ4n) is 1.64. The SMILES string of the molecule is CCOC(C)Cn1ccc(C)c1C(=O)O. The Hall–Kier alpha value is -1.29. The van der Waals surface area contributed by atoms with Crippen molar-refractivity contribution in [1.29, 1.82) is 0 Å². The molecule has 4 heteroatoms. The Morgan fingerprint density at radius 3 is 2.87 bits per heavy atom. The van der Waals surface area contributed by atoms with E-state index in [0.29, 0.717) is 18.8 Å². The molecule has 0 aliphatic rings. The second-order valence-corrected chi connectivity index (χ2v) is 3.57. The van der Waals surface area contributed by atoms with Crippen LogP contribution in [-0.4, -0.2) is 28.4 Å². The quantitative estimate of drug-likeness (QED) is 0.809. The zero-order valence-corrected chi connectivity index (χ0v) is 9.36. The molecule has 1 aromatic heterocycles. The van der Waals surface area contributed by atoms with Gasteiger partial charge in [-0.1, -0.05) is 0 Å². The van der Waals surface area contributed by atoms with Crippen LogP contribution in [0, 0.1) is 6.92 Å². The molecule has 84 valence electrons. The maximum Gasteiger partial charge on any atom is 0.352 e. The Bertz CT molecular complexity index is 344. The van der Waals surface area contributed by atoms with Crippen LogP contribution in [0.25, 0.3) is 0 Å². The van der Waals surface area contributed by atoms with Gasteiger partial charge in [-0.2, -0.15) is 0 Å². The van der Waals surface area contributed by atoms with E-state index in [4.69, 9.17) is 9.84 Å². The third-order valence-electron chi connectivity index (χ3n) is 2.27. The monoisotopic (exact) mass is 211 g/mol. The van der Waals surface area contributed by atoms with Crippen molar-refractivity contribution in [3.63, 3.8) is 0 Å². The number of carboxylic acid groups (broad SMARTS) is 1. The van der Waals surface area contributed by atoms with Crippen molar-refractivity contribution < 1.29 is 14.6 Å². The summed E-state index contributed by atoms with van der Waals surface area (Å²) in [6.45, 7) is 6.87. The van der Waals surface area contributed by atoms with E-state index < -0.39 is 5.97 Å². The molecule has 0 radical (unpaired) electrons. The molecule has 1 heterocycles. The van der Waals surface area contributed by atoms with Gasteiger partial charge in [-0.25, -0.2) is 4.79 Å². The van der Waals surface area contributed by atoms with Crippen LogP contribution < -0.4 is 0 Å². The summed E-state index contributed by atoms with van der Waals surface area (Å²) in [5.41, 5.74) is 1.13. The Kier molecular flexibility index (Phi) is 3.91. The molecule has 1 N–H and O–H groups in total. The van der Waals surface area contributed by atoms with E-state index >= 15 is 0 Å². The molecule has 0 aromatic carbocycles. The first kappa shape index (κ1) is 11.8. The van der Waals surface area contributed by atoms with Crippen LogP contribution in [0.2, 0.25) is 0 Å². The lowest BCUT2D eigenvalue weighted by Gasteiger charge is -2.14. The number of nitrogens with zero attached hydrogens (tertiary/aromatic N) is 1. The lowest BCUT2D eigenvalue weighted by molar-refractivity contribution is 0.0594. The number of carbonyl (C=O) groups is 1. The van der Waals surface area contributed by atoms with E-state index in [1.807, 2.05) is 19.9 Å². The second-order valence-electron chi connectivity index (χ2n) is 3.57. The highest BCUT2D eigenvalue weighted by Gasteiger charge is 2.14. The van der Waals surface area contributed by atoms with Gasteiger partial charge in [-0.3, -0.25) is 0 Å². The predicted molar refractivity (Wildman–Crippen MR) is 57.2 cm³/mol. The topological polar surface area (TPSA) is 51.5 Å². The third-order valence-corrected chi connectivity index (χ3v) is 2.27. The van der Waals surface area contributed by atoms with E-state index in [0.717, 1.165) is 5.56 Å². The Morgan fingerprint density at radius 1 is 1.67 bits per heavy atom. The van der Waals surface area contributed by atoms with Gasteiger partial charge in [0.1, 0.15) is 5.69 Å². The maximum atomic E-state index is 11.0. The summed E-state index contributed by atoms with van der Waals surface area (Å²) in [6, 6.07) is 1.81. The van der Waals surface area contributed by atoms with Gasteiger partial charge in [-0.15, -0.1) is 0 Å². The van der Waals surface area contributed by atoms with Gasteiger partial charge in [0, 0.05) is 19.3 Å². The average Bonchev–Trinajstić information content (AvgIpc) is 2.47. The highest BCUT2D eigenvalue weighted by atomic mass is 16.5. The van der Waals surface area contributed by atoms with E-state index in [2.05, 4.69) is 0 Å². The number of hydrogen-bond acceptors (Lipinski definition) is 2. The van der Waals surface area contributed by atoms with Crippen molar-refractivity contribution in [2.75, 3.05) is 6.61 Å². The summed E-state index contributed by atoms with van der Waals surface area (Å²) in [6.07, 6.45) is 1.81. The summed E-state index contributed by atoms with van der Waals surface area (Å²) < 4.78 is 7.10. The minimum atomic E-state index is -0.888. The maximum absolute atomic E-state index is 11.0. The van der Waals surface area contributed by atoms with Crippen LogP contribution >= 0.6 is 0 Å². The van der Waals surface area contributed by atoms with Gasteiger partial charge in [0.2, 0.25) is 0 Å². The van der Waals surface area contributed by atoms with E-state index in [-0.39, 0.29) is 6.10 Å². The third kappa shape index (κ3) is 2.83. The van der Waals surface area contributed by atoms with Crippen molar-refractivity contribution in [2.24, 2.45) is 0 Å². The molecular weight excluding hydrogens is 194 g/mol. The minimum Gasteiger partial charge on any atom is -0.477 e. The molecule has 0 aliphatic carbocycles. The van der Waals surface area contributed by atoms with Crippen LogP contribution in [0.4, 0.5) is 0 Å². The molecule has 1 atom stereocenters. The first-order chi connectivity index (χ1) is 7.06. The molecule has 1 aromatic rings. The molecule has 0 aliphatic heterocycles. The molecule has 1 rings (SSSR count). The fraction of sp³-hybridized carbons (Fsp3) is 0.545. The largest absolute Gasteiger partial charge is 0.477 e. The zero-order chi connectivity index (χ0) is 11.4. The van der Waals surface area contributed by atoms with Gasteiger partial charge in [-0.05, 0) is 32.4 Å². The summed E-state index contributed by atoms with van der Waals surface area (Å²) in [7, 11) is 0. The molecule has 0 saturated carbocycles. The molecule has 4 nitrogen and oxygen atoms in total. The number of carboxylic acids is 1. The van der Waals surface area contributed by atoms with Crippen LogP contribution in [0.1, 0.15) is 29.9 Å². The van der Waals surface area contributed by atoms with Crippen molar-refractivity contribution in [1.82, 2.24) is 4.57 Å². The molecule has 1 unspecified atom stereocenters. The number of rotatable bonds is 5. The summed E-state index contributed by atoms with van der Waals surface area (Å²) in [5, 5.41) is 9.02. The van der Waals surface area contributed by atoms with Crippen molar-refractivity contribution in [2.45, 2.75) is 33.4 Å². The van der Waals surface area contributed by atoms with Crippen molar-refractivity contribution in [3.8, 4) is 0 Å². The van der Waals surface area contributed by atoms with Crippen LogP contribution in [0.5, 0.6) is 0 Å². The van der Waals surface area contributed by atoms with Gasteiger partial charge in [0.25, 0.3) is 0 Å². The number of aromatic carboxylic acids is 1. The minimum absolute atomic E-state index is 0.0277. The average molecular weight is 211 g/mol. The van der Waals surface area contributed by atoms with E-state index in [1.165, 1.54) is 0 Å². The van der Waals surface area contributed by atoms with Crippen LogP contribution in [0.15, 0.2) is 12.3 Å². The van der Waals surface area contributed by atoms with Crippen LogP contribution in [0.3, 0.4) is 0 Å². The first-order valence-electron chi connectivity index (χ1n) is 5.06. The Labute approximate surface area is 89.5 Å². The predicted octanol–water partition coefficient (Wildman–Crippen LogP) is 1.92. The van der Waals surface area contributed by atoms with Gasteiger partial charge in [0.05, 0.1) is 6.10 Å². The second kappa shape index (κ2) is 4.98. The number of ether oxygens (including phenoxy) is 1. The zero-order valence-electron chi connectivity index (χ0n) is 9.36. The number of hydrogen-bond donors (Lipinski definition) is 1. The van der Waals surface area contributed by atoms with Gasteiger partial charge < -0.3 is 14.4 Å². The number of aromatic nitrogens is 1. The van der Waals surface area contributed by atoms with Crippen molar-refractivity contribution in [3.05, 3.63) is 23.5 Å². The van der Waals surface area contributed by atoms with E-state index in [9.17, 15) is 4.79 Å². The standard InChI is InChI=1S/C11H17NO3/c1-4-15-9(3)7-12-6-5-8(2)10(12)11(13)14/h5-6,9H,4,7H2,1-3H3,(H,13,14). The molecule has 0 bridgehead atoms. The van der Waals surface area contributed by atoms with Crippen molar-refractivity contribution >= 4 is 5.97 Å². The highest BCUT2D eigenvalue weighted by Crippen LogP contribution is 2.11. The molecule has 15 heavy (non-hydrogen) atoms. The van der Waals surface area contributed by atoms with Crippen LogP contribution in [-0.2, 0) is 11.3 Å². The van der Waals surface area contributed by atoms with E-state index in [1.54, 1.807) is 17.7 Å². The summed E-state index contributed by atoms with van der Waals surface area (Å²) in [5.74, 6) is -0.888. The first-order valence-corrected chi connectivity index (χ1v) is 5.06. The summed E-state index contributed by atoms with van der Waals surface area (Å²) in [4.78, 5) is 11.0. The lowest BCUT2D eigenvalue weighted by Crippen LogP contribution is -2.19. The van der Waals surface area contributed by atoms with Gasteiger partial charge >= 0.3 is 5.97 Å².